The smallest absolute Gasteiger partial charge is 0.245 e. The predicted octanol–water partition coefficient (Wildman–Crippen LogP) is 0.985. The summed E-state index contributed by atoms with van der Waals surface area (Å²) in [7, 11) is -3.45. The van der Waals surface area contributed by atoms with Gasteiger partial charge in [-0.3, -0.25) is 0 Å². The first kappa shape index (κ1) is 14.3. The van der Waals surface area contributed by atoms with Crippen LogP contribution in [0.15, 0.2) is 29.2 Å². The number of nitrogens with zero attached hydrogens (tertiary/aromatic N) is 2. The molecule has 1 aliphatic rings. The molecule has 0 amide bonds. The maximum Gasteiger partial charge on any atom is 0.245 e. The summed E-state index contributed by atoms with van der Waals surface area (Å²) in [5.74, 6) is 0. The summed E-state index contributed by atoms with van der Waals surface area (Å²) in [6, 6.07) is 6.65. The second kappa shape index (κ2) is 5.90. The lowest BCUT2D eigenvalue weighted by Gasteiger charge is -2.33. The van der Waals surface area contributed by atoms with Crippen molar-refractivity contribution in [3.63, 3.8) is 0 Å². The molecule has 1 aromatic rings. The minimum absolute atomic E-state index is 0.221. The first-order chi connectivity index (χ1) is 9.05. The number of hydrogen-bond acceptors (Lipinski definition) is 4. The van der Waals surface area contributed by atoms with E-state index in [0.717, 1.165) is 26.1 Å². The van der Waals surface area contributed by atoms with E-state index in [1.54, 1.807) is 24.3 Å². The average molecular weight is 283 g/mol. The minimum atomic E-state index is -3.45. The Kier molecular flexibility index (Phi) is 4.44. The Morgan fingerprint density at radius 2 is 1.79 bits per heavy atom. The monoisotopic (exact) mass is 283 g/mol. The molecule has 1 saturated heterocycles. The third kappa shape index (κ3) is 3.08. The average Bonchev–Trinajstić information content (AvgIpc) is 2.40. The standard InChI is InChI=1S/C13H21N3O2S/c1-2-7-15-8-10-16(11-9-15)19(17,18)13-6-4-3-5-12(13)14/h3-6H,2,7-11,14H2,1H3. The molecule has 0 spiro atoms. The Hall–Kier alpha value is -1.11. The number of nitrogen functional groups attached to an aromatic ring is 1. The molecule has 5 nitrogen and oxygen atoms in total. The summed E-state index contributed by atoms with van der Waals surface area (Å²) in [6.07, 6.45) is 1.10. The Morgan fingerprint density at radius 1 is 1.16 bits per heavy atom. The third-order valence-corrected chi connectivity index (χ3v) is 5.38. The first-order valence-corrected chi connectivity index (χ1v) is 8.06. The normalized spacial score (nSPS) is 18.6. The molecule has 1 aromatic carbocycles. The van der Waals surface area contributed by atoms with Crippen molar-refractivity contribution in [2.45, 2.75) is 18.2 Å². The number of hydrogen-bond donors (Lipinski definition) is 1. The lowest BCUT2D eigenvalue weighted by atomic mass is 10.3. The first-order valence-electron chi connectivity index (χ1n) is 6.62. The summed E-state index contributed by atoms with van der Waals surface area (Å²) >= 11 is 0. The molecule has 0 aromatic heterocycles. The van der Waals surface area contributed by atoms with Gasteiger partial charge in [-0.2, -0.15) is 4.31 Å². The number of para-hydroxylation sites is 1. The molecule has 1 heterocycles. The maximum atomic E-state index is 12.5. The van der Waals surface area contributed by atoms with Gasteiger partial charge in [-0.05, 0) is 25.1 Å². The molecule has 0 unspecified atom stereocenters. The second-order valence-electron chi connectivity index (χ2n) is 4.78. The molecular weight excluding hydrogens is 262 g/mol. The Morgan fingerprint density at radius 3 is 2.37 bits per heavy atom. The fourth-order valence-electron chi connectivity index (χ4n) is 2.36. The van der Waals surface area contributed by atoms with E-state index in [9.17, 15) is 8.42 Å². The molecule has 1 fully saturated rings. The van der Waals surface area contributed by atoms with Gasteiger partial charge in [0.15, 0.2) is 0 Å². The van der Waals surface area contributed by atoms with Crippen LogP contribution in [0.5, 0.6) is 0 Å². The zero-order valence-electron chi connectivity index (χ0n) is 11.2. The highest BCUT2D eigenvalue weighted by Gasteiger charge is 2.29. The van der Waals surface area contributed by atoms with Gasteiger partial charge in [0.2, 0.25) is 10.0 Å². The van der Waals surface area contributed by atoms with Crippen LogP contribution in [0, 0.1) is 0 Å². The number of sulfonamides is 1. The molecule has 2 rings (SSSR count). The van der Waals surface area contributed by atoms with Crippen LogP contribution in [-0.2, 0) is 10.0 Å². The van der Waals surface area contributed by atoms with E-state index in [0.29, 0.717) is 18.8 Å². The molecule has 2 N–H and O–H groups in total. The zero-order valence-corrected chi connectivity index (χ0v) is 12.1. The third-order valence-electron chi connectivity index (χ3n) is 3.41. The van der Waals surface area contributed by atoms with Crippen molar-refractivity contribution in [1.29, 1.82) is 0 Å². The van der Waals surface area contributed by atoms with Crippen LogP contribution in [0.25, 0.3) is 0 Å². The summed E-state index contributed by atoms with van der Waals surface area (Å²) in [5.41, 5.74) is 6.09. The molecule has 0 atom stereocenters. The van der Waals surface area contributed by atoms with Crippen molar-refractivity contribution in [2.24, 2.45) is 0 Å². The fraction of sp³-hybridized carbons (Fsp3) is 0.538. The molecular formula is C13H21N3O2S. The number of rotatable bonds is 4. The van der Waals surface area contributed by atoms with E-state index in [4.69, 9.17) is 5.73 Å². The topological polar surface area (TPSA) is 66.6 Å². The highest BCUT2D eigenvalue weighted by molar-refractivity contribution is 7.89. The van der Waals surface area contributed by atoms with Crippen molar-refractivity contribution in [3.8, 4) is 0 Å². The van der Waals surface area contributed by atoms with Crippen molar-refractivity contribution < 1.29 is 8.42 Å². The van der Waals surface area contributed by atoms with Gasteiger partial charge in [-0.15, -0.1) is 0 Å². The highest BCUT2D eigenvalue weighted by atomic mass is 32.2. The van der Waals surface area contributed by atoms with E-state index in [1.807, 2.05) is 0 Å². The van der Waals surface area contributed by atoms with Crippen LogP contribution in [0.2, 0.25) is 0 Å². The van der Waals surface area contributed by atoms with Gasteiger partial charge in [0.05, 0.1) is 5.69 Å². The largest absolute Gasteiger partial charge is 0.398 e. The number of anilines is 1. The minimum Gasteiger partial charge on any atom is -0.398 e. The van der Waals surface area contributed by atoms with E-state index in [1.165, 1.54) is 4.31 Å². The Labute approximate surface area is 115 Å². The van der Waals surface area contributed by atoms with E-state index in [2.05, 4.69) is 11.8 Å². The summed E-state index contributed by atoms with van der Waals surface area (Å²) in [4.78, 5) is 2.51. The van der Waals surface area contributed by atoms with Crippen molar-refractivity contribution in [2.75, 3.05) is 38.5 Å². The highest BCUT2D eigenvalue weighted by Crippen LogP contribution is 2.22. The molecule has 0 aliphatic carbocycles. The number of benzene rings is 1. The van der Waals surface area contributed by atoms with Gasteiger partial charge in [0.25, 0.3) is 0 Å². The summed E-state index contributed by atoms with van der Waals surface area (Å²) in [6.45, 7) is 5.82. The second-order valence-corrected chi connectivity index (χ2v) is 6.69. The fourth-order valence-corrected chi connectivity index (χ4v) is 3.90. The Bertz CT molecular complexity index is 522. The molecule has 0 radical (unpaired) electrons. The van der Waals surface area contributed by atoms with Gasteiger partial charge in [0.1, 0.15) is 4.90 Å². The van der Waals surface area contributed by atoms with Crippen molar-refractivity contribution in [3.05, 3.63) is 24.3 Å². The quantitative estimate of drug-likeness (QED) is 0.837. The maximum absolute atomic E-state index is 12.5. The molecule has 0 saturated carbocycles. The summed E-state index contributed by atoms with van der Waals surface area (Å²) in [5, 5.41) is 0. The molecule has 1 aliphatic heterocycles. The lowest BCUT2D eigenvalue weighted by molar-refractivity contribution is 0.189. The van der Waals surface area contributed by atoms with Crippen LogP contribution in [0.4, 0.5) is 5.69 Å². The van der Waals surface area contributed by atoms with Gasteiger partial charge in [-0.25, -0.2) is 8.42 Å². The van der Waals surface area contributed by atoms with Gasteiger partial charge in [-0.1, -0.05) is 19.1 Å². The van der Waals surface area contributed by atoms with Crippen LogP contribution in [0.3, 0.4) is 0 Å². The number of piperazine rings is 1. The van der Waals surface area contributed by atoms with Gasteiger partial charge in [0, 0.05) is 26.2 Å². The summed E-state index contributed by atoms with van der Waals surface area (Å²) < 4.78 is 26.5. The van der Waals surface area contributed by atoms with Gasteiger partial charge >= 0.3 is 0 Å². The molecule has 19 heavy (non-hydrogen) atoms. The Balaban J connectivity index is 2.12. The van der Waals surface area contributed by atoms with E-state index >= 15 is 0 Å². The molecule has 6 heteroatoms. The van der Waals surface area contributed by atoms with Crippen LogP contribution in [0.1, 0.15) is 13.3 Å². The SMILES string of the molecule is CCCN1CCN(S(=O)(=O)c2ccccc2N)CC1. The number of nitrogens with two attached hydrogens (primary N) is 1. The zero-order chi connectivity index (χ0) is 13.9. The lowest BCUT2D eigenvalue weighted by Crippen LogP contribution is -2.48. The van der Waals surface area contributed by atoms with Crippen LogP contribution in [-0.4, -0.2) is 50.3 Å². The molecule has 0 bridgehead atoms. The van der Waals surface area contributed by atoms with Crippen LogP contribution < -0.4 is 5.73 Å². The van der Waals surface area contributed by atoms with Crippen LogP contribution >= 0.6 is 0 Å². The van der Waals surface area contributed by atoms with Crippen molar-refractivity contribution in [1.82, 2.24) is 9.21 Å². The predicted molar refractivity (Wildman–Crippen MR) is 76.3 cm³/mol. The van der Waals surface area contributed by atoms with E-state index in [-0.39, 0.29) is 4.90 Å². The van der Waals surface area contributed by atoms with E-state index < -0.39 is 10.0 Å². The molecule has 106 valence electrons. The van der Waals surface area contributed by atoms with Crippen molar-refractivity contribution >= 4 is 15.7 Å². The van der Waals surface area contributed by atoms with Gasteiger partial charge < -0.3 is 10.6 Å².